The second-order valence-electron chi connectivity index (χ2n) is 11.1. The van der Waals surface area contributed by atoms with Gasteiger partial charge in [-0.25, -0.2) is 0 Å². The van der Waals surface area contributed by atoms with Crippen LogP contribution in [0.3, 0.4) is 0 Å². The van der Waals surface area contributed by atoms with E-state index < -0.39 is 0 Å². The van der Waals surface area contributed by atoms with Crippen molar-refractivity contribution >= 4 is 0 Å². The molecular formula is C35H42N2O2. The highest BCUT2D eigenvalue weighted by molar-refractivity contribution is 5.68. The second kappa shape index (κ2) is 13.6. The predicted octanol–water partition coefficient (Wildman–Crippen LogP) is 10.1. The molecule has 1 fully saturated rings. The first-order chi connectivity index (χ1) is 19.2. The molecule has 1 aliphatic carbocycles. The average Bonchev–Trinajstić information content (AvgIpc) is 3.49. The summed E-state index contributed by atoms with van der Waals surface area (Å²) >= 11 is 0. The predicted molar refractivity (Wildman–Crippen MR) is 160 cm³/mol. The summed E-state index contributed by atoms with van der Waals surface area (Å²) in [5.74, 6) is 3.72. The highest BCUT2D eigenvalue weighted by Gasteiger charge is 2.22. The number of nitrogens with zero attached hydrogens (tertiary/aromatic N) is 2. The zero-order valence-corrected chi connectivity index (χ0v) is 23.6. The Morgan fingerprint density at radius 3 is 2.00 bits per heavy atom. The quantitative estimate of drug-likeness (QED) is 0.174. The van der Waals surface area contributed by atoms with Gasteiger partial charge in [0.2, 0.25) is 5.82 Å². The molecule has 0 unspecified atom stereocenters. The minimum absolute atomic E-state index is 0.567. The first-order valence-electron chi connectivity index (χ1n) is 15.0. The lowest BCUT2D eigenvalue weighted by atomic mass is 9.77. The van der Waals surface area contributed by atoms with Crippen LogP contribution >= 0.6 is 0 Å². The monoisotopic (exact) mass is 522 g/mol. The lowest BCUT2D eigenvalue weighted by Gasteiger charge is -2.28. The Morgan fingerprint density at radius 1 is 0.692 bits per heavy atom. The van der Waals surface area contributed by atoms with Gasteiger partial charge in [-0.2, -0.15) is 4.98 Å². The Bertz CT molecular complexity index is 1270. The topological polar surface area (TPSA) is 48.2 Å². The van der Waals surface area contributed by atoms with E-state index in [4.69, 9.17) is 14.2 Å². The molecule has 0 aliphatic heterocycles. The number of unbranched alkanes of at least 4 members (excludes halogenated alkanes) is 3. The minimum atomic E-state index is 0.567. The molecule has 39 heavy (non-hydrogen) atoms. The van der Waals surface area contributed by atoms with Crippen LogP contribution in [0.15, 0.2) is 77.3 Å². The molecule has 0 spiro atoms. The zero-order valence-electron chi connectivity index (χ0n) is 23.6. The van der Waals surface area contributed by atoms with E-state index in [0.717, 1.165) is 46.9 Å². The maximum atomic E-state index is 5.88. The van der Waals surface area contributed by atoms with E-state index in [1.54, 1.807) is 0 Å². The third-order valence-corrected chi connectivity index (χ3v) is 8.20. The highest BCUT2D eigenvalue weighted by Crippen LogP contribution is 2.38. The Hall–Kier alpha value is -3.40. The lowest BCUT2D eigenvalue weighted by Crippen LogP contribution is -2.13. The van der Waals surface area contributed by atoms with Crippen LogP contribution in [0.1, 0.15) is 89.5 Å². The molecule has 1 aliphatic rings. The summed E-state index contributed by atoms with van der Waals surface area (Å²) in [6, 6.07) is 25.4. The number of hydrogen-bond acceptors (Lipinski definition) is 4. The maximum absolute atomic E-state index is 5.88. The summed E-state index contributed by atoms with van der Waals surface area (Å²) in [4.78, 5) is 4.69. The number of aromatic nitrogens is 2. The molecule has 1 saturated carbocycles. The van der Waals surface area contributed by atoms with Crippen LogP contribution in [0.5, 0.6) is 5.75 Å². The van der Waals surface area contributed by atoms with Gasteiger partial charge in [-0.3, -0.25) is 0 Å². The molecule has 0 bridgehead atoms. The van der Waals surface area contributed by atoms with Crippen molar-refractivity contribution in [2.75, 3.05) is 6.61 Å². The van der Waals surface area contributed by atoms with Crippen molar-refractivity contribution in [3.63, 3.8) is 0 Å². The largest absolute Gasteiger partial charge is 0.494 e. The van der Waals surface area contributed by atoms with Gasteiger partial charge in [0.15, 0.2) is 0 Å². The van der Waals surface area contributed by atoms with Crippen LogP contribution in [0.2, 0.25) is 0 Å². The number of hydrogen-bond donors (Lipinski definition) is 0. The van der Waals surface area contributed by atoms with Crippen LogP contribution in [0.25, 0.3) is 34.0 Å². The molecule has 0 amide bonds. The molecule has 4 heteroatoms. The van der Waals surface area contributed by atoms with E-state index in [1.165, 1.54) is 63.4 Å². The van der Waals surface area contributed by atoms with Crippen LogP contribution in [0, 0.1) is 5.92 Å². The first-order valence-corrected chi connectivity index (χ1v) is 15.0. The van der Waals surface area contributed by atoms with Gasteiger partial charge in [0.25, 0.3) is 5.89 Å². The van der Waals surface area contributed by atoms with E-state index in [2.05, 4.69) is 91.8 Å². The Labute approximate surface area is 233 Å². The summed E-state index contributed by atoms with van der Waals surface area (Å²) in [7, 11) is 0. The fourth-order valence-electron chi connectivity index (χ4n) is 5.82. The van der Waals surface area contributed by atoms with E-state index >= 15 is 0 Å². The molecule has 0 saturated heterocycles. The van der Waals surface area contributed by atoms with Crippen molar-refractivity contribution in [1.29, 1.82) is 0 Å². The average molecular weight is 523 g/mol. The first kappa shape index (κ1) is 27.2. The molecule has 1 aromatic heterocycles. The molecule has 0 radical (unpaired) electrons. The summed E-state index contributed by atoms with van der Waals surface area (Å²) in [6.45, 7) is 5.31. The standard InChI is InChI=1S/C35H42N2O2/c1-3-5-6-7-25-38-33-23-21-30(22-24-33)28-13-17-31(18-14-28)34-36-35(39-37-34)32-19-15-29(16-20-32)27-11-9-26(8-4-2)10-12-27/h13-24,26-27H,3-12,25H2,1-2H3. The smallest absolute Gasteiger partial charge is 0.258 e. The van der Waals surface area contributed by atoms with Crippen LogP contribution in [0.4, 0.5) is 0 Å². The summed E-state index contributed by atoms with van der Waals surface area (Å²) < 4.78 is 11.5. The normalized spacial score (nSPS) is 17.3. The van der Waals surface area contributed by atoms with Gasteiger partial charge < -0.3 is 9.26 Å². The van der Waals surface area contributed by atoms with Gasteiger partial charge in [0, 0.05) is 11.1 Å². The number of benzene rings is 3. The Morgan fingerprint density at radius 2 is 1.33 bits per heavy atom. The van der Waals surface area contributed by atoms with Crippen molar-refractivity contribution < 1.29 is 9.26 Å². The maximum Gasteiger partial charge on any atom is 0.258 e. The molecule has 5 rings (SSSR count). The van der Waals surface area contributed by atoms with E-state index in [9.17, 15) is 0 Å². The fourth-order valence-corrected chi connectivity index (χ4v) is 5.82. The molecule has 4 aromatic rings. The van der Waals surface area contributed by atoms with Crippen molar-refractivity contribution in [2.45, 2.75) is 84.0 Å². The van der Waals surface area contributed by atoms with Crippen molar-refractivity contribution in [3.8, 4) is 39.7 Å². The van der Waals surface area contributed by atoms with Crippen LogP contribution < -0.4 is 4.74 Å². The van der Waals surface area contributed by atoms with Crippen molar-refractivity contribution in [1.82, 2.24) is 10.1 Å². The molecule has 0 N–H and O–H groups in total. The third kappa shape index (κ3) is 7.17. The number of rotatable bonds is 12. The van der Waals surface area contributed by atoms with Gasteiger partial charge >= 0.3 is 0 Å². The highest BCUT2D eigenvalue weighted by atomic mass is 16.5. The van der Waals surface area contributed by atoms with Crippen molar-refractivity contribution in [3.05, 3.63) is 78.4 Å². The van der Waals surface area contributed by atoms with Crippen LogP contribution in [-0.2, 0) is 0 Å². The van der Waals surface area contributed by atoms with E-state index in [1.807, 2.05) is 0 Å². The summed E-state index contributed by atoms with van der Waals surface area (Å²) in [5, 5.41) is 4.26. The van der Waals surface area contributed by atoms with Crippen molar-refractivity contribution in [2.24, 2.45) is 5.92 Å². The molecule has 4 nitrogen and oxygen atoms in total. The summed E-state index contributed by atoms with van der Waals surface area (Å²) in [5.41, 5.74) is 5.67. The Balaban J connectivity index is 1.17. The van der Waals surface area contributed by atoms with Gasteiger partial charge in [-0.15, -0.1) is 0 Å². The Kier molecular flexibility index (Phi) is 9.47. The molecule has 3 aromatic carbocycles. The lowest BCUT2D eigenvalue weighted by molar-refractivity contribution is 0.305. The number of ether oxygens (including phenoxy) is 1. The zero-order chi connectivity index (χ0) is 26.9. The van der Waals surface area contributed by atoms with Gasteiger partial charge in [-0.05, 0) is 84.9 Å². The minimum Gasteiger partial charge on any atom is -0.494 e. The third-order valence-electron chi connectivity index (χ3n) is 8.20. The molecule has 0 atom stereocenters. The van der Waals surface area contributed by atoms with Gasteiger partial charge in [-0.1, -0.05) is 99.6 Å². The van der Waals surface area contributed by atoms with Gasteiger partial charge in [0.1, 0.15) is 5.75 Å². The van der Waals surface area contributed by atoms with Gasteiger partial charge in [0.05, 0.1) is 6.61 Å². The SMILES string of the molecule is CCCCCCOc1ccc(-c2ccc(-c3noc(-c4ccc(C5CCC(CCC)CC5)cc4)n3)cc2)cc1. The second-order valence-corrected chi connectivity index (χ2v) is 11.1. The fraction of sp³-hybridized carbons (Fsp3) is 0.429. The van der Waals surface area contributed by atoms with E-state index in [0.29, 0.717) is 17.6 Å². The molecule has 204 valence electrons. The molecular weight excluding hydrogens is 480 g/mol. The molecule has 1 heterocycles. The van der Waals surface area contributed by atoms with Crippen LogP contribution in [-0.4, -0.2) is 16.7 Å². The summed E-state index contributed by atoms with van der Waals surface area (Å²) in [6.07, 6.45) is 12.9. The van der Waals surface area contributed by atoms with E-state index in [-0.39, 0.29) is 0 Å².